The van der Waals surface area contributed by atoms with Gasteiger partial charge in [0, 0.05) is 6.61 Å². The molecule has 1 aromatic rings. The SMILES string of the molecule is Cc1ccc(COCC2CC2)c(C)c1. The molecular weight excluding hydrogens is 172 g/mol. The van der Waals surface area contributed by atoms with Gasteiger partial charge in [-0.25, -0.2) is 0 Å². The largest absolute Gasteiger partial charge is 0.376 e. The van der Waals surface area contributed by atoms with E-state index in [1.807, 2.05) is 0 Å². The van der Waals surface area contributed by atoms with Gasteiger partial charge in [-0.1, -0.05) is 23.8 Å². The van der Waals surface area contributed by atoms with E-state index in [1.165, 1.54) is 29.5 Å². The number of aryl methyl sites for hydroxylation is 2. The van der Waals surface area contributed by atoms with E-state index in [1.54, 1.807) is 0 Å². The van der Waals surface area contributed by atoms with Gasteiger partial charge in [0.05, 0.1) is 6.61 Å². The quantitative estimate of drug-likeness (QED) is 0.708. The van der Waals surface area contributed by atoms with Crippen LogP contribution in [-0.4, -0.2) is 6.61 Å². The first-order chi connectivity index (χ1) is 6.75. The molecule has 0 bridgehead atoms. The molecule has 0 aromatic heterocycles. The summed E-state index contributed by atoms with van der Waals surface area (Å²) in [5.41, 5.74) is 4.01. The monoisotopic (exact) mass is 190 g/mol. The predicted octanol–water partition coefficient (Wildman–Crippen LogP) is 3.23. The normalized spacial score (nSPS) is 15.9. The second-order valence-electron chi connectivity index (χ2n) is 4.39. The van der Waals surface area contributed by atoms with Crippen LogP contribution >= 0.6 is 0 Å². The van der Waals surface area contributed by atoms with Crippen LogP contribution in [0, 0.1) is 19.8 Å². The maximum absolute atomic E-state index is 5.66. The van der Waals surface area contributed by atoms with Crippen molar-refractivity contribution in [1.29, 1.82) is 0 Å². The third-order valence-corrected chi connectivity index (χ3v) is 2.81. The lowest BCUT2D eigenvalue weighted by molar-refractivity contribution is 0.111. The average Bonchev–Trinajstić information content (AvgIpc) is 2.92. The Balaban J connectivity index is 1.87. The van der Waals surface area contributed by atoms with Gasteiger partial charge in [-0.05, 0) is 43.7 Å². The summed E-state index contributed by atoms with van der Waals surface area (Å²) < 4.78 is 5.66. The molecule has 1 saturated carbocycles. The molecule has 76 valence electrons. The van der Waals surface area contributed by atoms with Gasteiger partial charge in [-0.2, -0.15) is 0 Å². The fourth-order valence-corrected chi connectivity index (χ4v) is 1.63. The molecule has 0 amide bonds. The van der Waals surface area contributed by atoms with Crippen molar-refractivity contribution in [2.45, 2.75) is 33.3 Å². The molecule has 0 spiro atoms. The minimum Gasteiger partial charge on any atom is -0.376 e. The highest BCUT2D eigenvalue weighted by molar-refractivity contribution is 5.29. The molecule has 0 heterocycles. The number of rotatable bonds is 4. The van der Waals surface area contributed by atoms with E-state index in [9.17, 15) is 0 Å². The standard InChI is InChI=1S/C13H18O/c1-10-3-6-13(11(2)7-10)9-14-8-12-4-5-12/h3,6-7,12H,4-5,8-9H2,1-2H3. The Morgan fingerprint density at radius 2 is 2.07 bits per heavy atom. The van der Waals surface area contributed by atoms with Crippen LogP contribution in [-0.2, 0) is 11.3 Å². The summed E-state index contributed by atoms with van der Waals surface area (Å²) >= 11 is 0. The zero-order chi connectivity index (χ0) is 9.97. The van der Waals surface area contributed by atoms with E-state index in [4.69, 9.17) is 4.74 Å². The lowest BCUT2D eigenvalue weighted by atomic mass is 10.1. The molecule has 14 heavy (non-hydrogen) atoms. The van der Waals surface area contributed by atoms with Crippen molar-refractivity contribution in [1.82, 2.24) is 0 Å². The molecule has 0 N–H and O–H groups in total. The third kappa shape index (κ3) is 2.58. The summed E-state index contributed by atoms with van der Waals surface area (Å²) in [5, 5.41) is 0. The summed E-state index contributed by atoms with van der Waals surface area (Å²) in [4.78, 5) is 0. The van der Waals surface area contributed by atoms with Gasteiger partial charge >= 0.3 is 0 Å². The van der Waals surface area contributed by atoms with Crippen LogP contribution in [0.15, 0.2) is 18.2 Å². The molecule has 1 aliphatic rings. The lowest BCUT2D eigenvalue weighted by Gasteiger charge is -2.07. The Kier molecular flexibility index (Phi) is 2.87. The first-order valence-electron chi connectivity index (χ1n) is 5.39. The second-order valence-corrected chi connectivity index (χ2v) is 4.39. The molecule has 1 heteroatoms. The molecule has 2 rings (SSSR count). The van der Waals surface area contributed by atoms with Crippen molar-refractivity contribution in [2.24, 2.45) is 5.92 Å². The molecule has 0 radical (unpaired) electrons. The van der Waals surface area contributed by atoms with Crippen molar-refractivity contribution >= 4 is 0 Å². The second kappa shape index (κ2) is 4.14. The van der Waals surface area contributed by atoms with Crippen LogP contribution in [0.1, 0.15) is 29.5 Å². The van der Waals surface area contributed by atoms with Gasteiger partial charge in [-0.3, -0.25) is 0 Å². The lowest BCUT2D eigenvalue weighted by Crippen LogP contribution is -1.98. The molecular formula is C13H18O. The predicted molar refractivity (Wildman–Crippen MR) is 58.3 cm³/mol. The fraction of sp³-hybridized carbons (Fsp3) is 0.538. The molecule has 1 aliphatic carbocycles. The third-order valence-electron chi connectivity index (χ3n) is 2.81. The van der Waals surface area contributed by atoms with Crippen LogP contribution < -0.4 is 0 Å². The summed E-state index contributed by atoms with van der Waals surface area (Å²) in [5.74, 6) is 0.862. The van der Waals surface area contributed by atoms with Crippen LogP contribution in [0.25, 0.3) is 0 Å². The molecule has 1 fully saturated rings. The Labute approximate surface area is 86.1 Å². The molecule has 1 aromatic carbocycles. The Morgan fingerprint density at radius 3 is 2.71 bits per heavy atom. The van der Waals surface area contributed by atoms with E-state index in [-0.39, 0.29) is 0 Å². The van der Waals surface area contributed by atoms with Gasteiger partial charge in [-0.15, -0.1) is 0 Å². The Hall–Kier alpha value is -0.820. The van der Waals surface area contributed by atoms with E-state index in [0.29, 0.717) is 0 Å². The minimum atomic E-state index is 0.780. The number of ether oxygens (including phenoxy) is 1. The average molecular weight is 190 g/mol. The fourth-order valence-electron chi connectivity index (χ4n) is 1.63. The van der Waals surface area contributed by atoms with Crippen molar-refractivity contribution < 1.29 is 4.74 Å². The molecule has 1 nitrogen and oxygen atoms in total. The first kappa shape index (κ1) is 9.72. The van der Waals surface area contributed by atoms with Gasteiger partial charge in [0.2, 0.25) is 0 Å². The smallest absolute Gasteiger partial charge is 0.0719 e. The maximum Gasteiger partial charge on any atom is 0.0719 e. The highest BCUT2D eigenvalue weighted by Crippen LogP contribution is 2.29. The molecule has 0 atom stereocenters. The highest BCUT2D eigenvalue weighted by atomic mass is 16.5. The van der Waals surface area contributed by atoms with Crippen LogP contribution in [0.2, 0.25) is 0 Å². The molecule has 0 saturated heterocycles. The minimum absolute atomic E-state index is 0.780. The summed E-state index contributed by atoms with van der Waals surface area (Å²) in [6, 6.07) is 6.55. The van der Waals surface area contributed by atoms with Gasteiger partial charge < -0.3 is 4.74 Å². The number of hydrogen-bond donors (Lipinski definition) is 0. The summed E-state index contributed by atoms with van der Waals surface area (Å²) in [6.07, 6.45) is 2.74. The molecule has 0 aliphatic heterocycles. The zero-order valence-electron chi connectivity index (χ0n) is 9.05. The van der Waals surface area contributed by atoms with E-state index < -0.39 is 0 Å². The van der Waals surface area contributed by atoms with E-state index in [2.05, 4.69) is 32.0 Å². The van der Waals surface area contributed by atoms with Crippen LogP contribution in [0.4, 0.5) is 0 Å². The van der Waals surface area contributed by atoms with E-state index >= 15 is 0 Å². The van der Waals surface area contributed by atoms with Gasteiger partial charge in [0.25, 0.3) is 0 Å². The van der Waals surface area contributed by atoms with Crippen LogP contribution in [0.3, 0.4) is 0 Å². The Bertz CT molecular complexity index is 313. The van der Waals surface area contributed by atoms with Crippen molar-refractivity contribution in [2.75, 3.05) is 6.61 Å². The van der Waals surface area contributed by atoms with Crippen LogP contribution in [0.5, 0.6) is 0 Å². The summed E-state index contributed by atoms with van der Waals surface area (Å²) in [7, 11) is 0. The summed E-state index contributed by atoms with van der Waals surface area (Å²) in [6.45, 7) is 6.01. The number of benzene rings is 1. The molecule has 0 unspecified atom stereocenters. The zero-order valence-corrected chi connectivity index (χ0v) is 9.05. The maximum atomic E-state index is 5.66. The topological polar surface area (TPSA) is 9.23 Å². The van der Waals surface area contributed by atoms with Gasteiger partial charge in [0.15, 0.2) is 0 Å². The highest BCUT2D eigenvalue weighted by Gasteiger charge is 2.21. The van der Waals surface area contributed by atoms with Crippen molar-refractivity contribution in [3.8, 4) is 0 Å². The first-order valence-corrected chi connectivity index (χ1v) is 5.39. The van der Waals surface area contributed by atoms with Crippen molar-refractivity contribution in [3.63, 3.8) is 0 Å². The van der Waals surface area contributed by atoms with Gasteiger partial charge in [0.1, 0.15) is 0 Å². The van der Waals surface area contributed by atoms with E-state index in [0.717, 1.165) is 19.1 Å². The Morgan fingerprint density at radius 1 is 1.29 bits per heavy atom. The number of hydrogen-bond acceptors (Lipinski definition) is 1. The van der Waals surface area contributed by atoms with Crippen molar-refractivity contribution in [3.05, 3.63) is 34.9 Å².